The zero-order chi connectivity index (χ0) is 19.4. The van der Waals surface area contributed by atoms with E-state index in [9.17, 15) is 19.2 Å². The average molecular weight is 362 g/mol. The summed E-state index contributed by atoms with van der Waals surface area (Å²) in [6, 6.07) is -3.74. The summed E-state index contributed by atoms with van der Waals surface area (Å²) in [6.07, 6.45) is 0.964. The van der Waals surface area contributed by atoms with E-state index in [-0.39, 0.29) is 6.42 Å². The molecule has 3 atom stereocenters. The Morgan fingerprint density at radius 3 is 2.00 bits per heavy atom. The first-order chi connectivity index (χ1) is 11.7. The minimum absolute atomic E-state index is 0.250. The number of carboxylic acids is 2. The molecule has 0 unspecified atom stereocenters. The van der Waals surface area contributed by atoms with Crippen molar-refractivity contribution in [2.24, 2.45) is 11.5 Å². The number of aliphatic carboxylic acids is 2. The fraction of sp³-hybridized carbons (Fsp3) is 0.714. The molecule has 0 fully saturated rings. The van der Waals surface area contributed by atoms with Gasteiger partial charge in [-0.1, -0.05) is 6.42 Å². The number of amides is 2. The minimum atomic E-state index is -1.56. The lowest BCUT2D eigenvalue weighted by Crippen LogP contribution is -2.55. The number of nitrogens with two attached hydrogens (primary N) is 2. The number of carbonyl (C=O) groups excluding carboxylic acids is 2. The van der Waals surface area contributed by atoms with Crippen LogP contribution in [-0.2, 0) is 19.2 Å². The highest BCUT2D eigenvalue weighted by Gasteiger charge is 2.27. The Morgan fingerprint density at radius 2 is 1.52 bits per heavy atom. The predicted molar refractivity (Wildman–Crippen MR) is 86.3 cm³/mol. The number of hydrogen-bond acceptors (Lipinski definition) is 7. The smallest absolute Gasteiger partial charge is 0.328 e. The topological polar surface area (TPSA) is 205 Å². The molecule has 144 valence electrons. The number of aliphatic hydroxyl groups is 1. The highest BCUT2D eigenvalue weighted by molar-refractivity contribution is 5.92. The lowest BCUT2D eigenvalue weighted by molar-refractivity contribution is -0.144. The molecule has 0 spiro atoms. The Bertz CT molecular complexity index is 472. The van der Waals surface area contributed by atoms with Gasteiger partial charge in [0.05, 0.1) is 12.6 Å². The molecule has 0 aliphatic heterocycles. The van der Waals surface area contributed by atoms with Crippen LogP contribution in [-0.4, -0.2) is 70.3 Å². The van der Waals surface area contributed by atoms with Crippen molar-refractivity contribution in [3.8, 4) is 0 Å². The quantitative estimate of drug-likeness (QED) is 0.171. The molecule has 0 heterocycles. The number of unbranched alkanes of at least 4 members (excludes halogenated alkanes) is 1. The fourth-order valence-electron chi connectivity index (χ4n) is 1.91. The van der Waals surface area contributed by atoms with Crippen molar-refractivity contribution in [1.29, 1.82) is 0 Å². The van der Waals surface area contributed by atoms with Gasteiger partial charge in [0.1, 0.15) is 12.1 Å². The highest BCUT2D eigenvalue weighted by atomic mass is 16.4. The van der Waals surface area contributed by atoms with E-state index in [4.69, 9.17) is 26.8 Å². The molecule has 0 bridgehead atoms. The number of rotatable bonds is 13. The SMILES string of the molecule is NCCCC[C@H](N)C(=O)N[C@@H](CCC(=O)O)C(=O)N[C@@H](CO)C(=O)O. The maximum absolute atomic E-state index is 12.1. The van der Waals surface area contributed by atoms with Crippen molar-refractivity contribution in [2.45, 2.75) is 50.2 Å². The van der Waals surface area contributed by atoms with E-state index in [1.165, 1.54) is 0 Å². The van der Waals surface area contributed by atoms with Crippen LogP contribution in [0.2, 0.25) is 0 Å². The summed E-state index contributed by atoms with van der Waals surface area (Å²) in [6.45, 7) is -0.394. The number of nitrogens with one attached hydrogen (secondary N) is 2. The summed E-state index contributed by atoms with van der Waals surface area (Å²) in [4.78, 5) is 45.7. The van der Waals surface area contributed by atoms with Crippen LogP contribution in [0.5, 0.6) is 0 Å². The van der Waals surface area contributed by atoms with Gasteiger partial charge in [0.15, 0.2) is 0 Å². The van der Waals surface area contributed by atoms with Gasteiger partial charge in [-0.3, -0.25) is 14.4 Å². The van der Waals surface area contributed by atoms with Crippen LogP contribution in [0.25, 0.3) is 0 Å². The molecule has 0 saturated heterocycles. The maximum atomic E-state index is 12.1. The van der Waals surface area contributed by atoms with E-state index in [1.54, 1.807) is 0 Å². The van der Waals surface area contributed by atoms with Crippen LogP contribution in [0, 0.1) is 0 Å². The Morgan fingerprint density at radius 1 is 0.920 bits per heavy atom. The van der Waals surface area contributed by atoms with Gasteiger partial charge < -0.3 is 37.4 Å². The van der Waals surface area contributed by atoms with Crippen molar-refractivity contribution in [3.05, 3.63) is 0 Å². The van der Waals surface area contributed by atoms with Crippen LogP contribution in [0.3, 0.4) is 0 Å². The van der Waals surface area contributed by atoms with Gasteiger partial charge in [-0.25, -0.2) is 4.79 Å². The first-order valence-corrected chi connectivity index (χ1v) is 7.84. The number of hydrogen-bond donors (Lipinski definition) is 7. The summed E-state index contributed by atoms with van der Waals surface area (Å²) < 4.78 is 0. The van der Waals surface area contributed by atoms with E-state index in [0.29, 0.717) is 25.8 Å². The van der Waals surface area contributed by atoms with Crippen LogP contribution >= 0.6 is 0 Å². The van der Waals surface area contributed by atoms with Crippen molar-refractivity contribution in [1.82, 2.24) is 10.6 Å². The fourth-order valence-corrected chi connectivity index (χ4v) is 1.91. The molecule has 0 aliphatic carbocycles. The normalized spacial score (nSPS) is 14.2. The largest absolute Gasteiger partial charge is 0.481 e. The van der Waals surface area contributed by atoms with E-state index < -0.39 is 54.9 Å². The second kappa shape index (κ2) is 12.2. The van der Waals surface area contributed by atoms with Gasteiger partial charge in [-0.2, -0.15) is 0 Å². The van der Waals surface area contributed by atoms with Gasteiger partial charge in [-0.05, 0) is 25.8 Å². The minimum Gasteiger partial charge on any atom is -0.481 e. The number of aliphatic hydroxyl groups excluding tert-OH is 1. The molecular weight excluding hydrogens is 336 g/mol. The van der Waals surface area contributed by atoms with Gasteiger partial charge in [-0.15, -0.1) is 0 Å². The zero-order valence-corrected chi connectivity index (χ0v) is 13.8. The summed E-state index contributed by atoms with van der Waals surface area (Å²) in [5.41, 5.74) is 11.0. The summed E-state index contributed by atoms with van der Waals surface area (Å²) in [5.74, 6) is -4.21. The molecule has 0 saturated carbocycles. The van der Waals surface area contributed by atoms with E-state index in [2.05, 4.69) is 5.32 Å². The van der Waals surface area contributed by atoms with Crippen molar-refractivity contribution < 1.29 is 34.5 Å². The molecule has 11 nitrogen and oxygen atoms in total. The lowest BCUT2D eigenvalue weighted by atomic mass is 10.1. The van der Waals surface area contributed by atoms with Crippen LogP contribution in [0.15, 0.2) is 0 Å². The highest BCUT2D eigenvalue weighted by Crippen LogP contribution is 2.03. The third-order valence-corrected chi connectivity index (χ3v) is 3.38. The molecule has 9 N–H and O–H groups in total. The molecule has 0 aromatic heterocycles. The van der Waals surface area contributed by atoms with Crippen LogP contribution in [0.1, 0.15) is 32.1 Å². The molecule has 2 amide bonds. The third kappa shape index (κ3) is 9.59. The van der Waals surface area contributed by atoms with Crippen molar-refractivity contribution in [3.63, 3.8) is 0 Å². The van der Waals surface area contributed by atoms with Crippen LogP contribution < -0.4 is 22.1 Å². The zero-order valence-electron chi connectivity index (χ0n) is 13.8. The predicted octanol–water partition coefficient (Wildman–Crippen LogP) is -2.65. The Labute approximate surface area is 144 Å². The first-order valence-electron chi connectivity index (χ1n) is 7.84. The van der Waals surface area contributed by atoms with Crippen LogP contribution in [0.4, 0.5) is 0 Å². The summed E-state index contributed by atoms with van der Waals surface area (Å²) in [5, 5.41) is 30.8. The first kappa shape index (κ1) is 22.8. The van der Waals surface area contributed by atoms with E-state index in [0.717, 1.165) is 0 Å². The third-order valence-electron chi connectivity index (χ3n) is 3.38. The monoisotopic (exact) mass is 362 g/mol. The molecule has 0 aromatic carbocycles. The molecule has 0 radical (unpaired) electrons. The maximum Gasteiger partial charge on any atom is 0.328 e. The summed E-state index contributed by atoms with van der Waals surface area (Å²) >= 11 is 0. The lowest BCUT2D eigenvalue weighted by Gasteiger charge is -2.22. The average Bonchev–Trinajstić information content (AvgIpc) is 2.55. The van der Waals surface area contributed by atoms with E-state index in [1.807, 2.05) is 5.32 Å². The summed E-state index contributed by atoms with van der Waals surface area (Å²) in [7, 11) is 0. The number of carboxylic acid groups (broad SMARTS) is 2. The molecule has 0 rings (SSSR count). The van der Waals surface area contributed by atoms with Gasteiger partial charge >= 0.3 is 11.9 Å². The molecule has 0 aromatic rings. The second-order valence-corrected chi connectivity index (χ2v) is 5.47. The van der Waals surface area contributed by atoms with Gasteiger partial charge in [0, 0.05) is 6.42 Å². The Hall–Kier alpha value is -2.24. The molecule has 25 heavy (non-hydrogen) atoms. The van der Waals surface area contributed by atoms with Crippen molar-refractivity contribution >= 4 is 23.8 Å². The van der Waals surface area contributed by atoms with Crippen molar-refractivity contribution in [2.75, 3.05) is 13.2 Å². The molecule has 0 aliphatic rings. The molecule has 11 heteroatoms. The van der Waals surface area contributed by atoms with Gasteiger partial charge in [0.25, 0.3) is 0 Å². The standard InChI is InChI=1S/C14H26N4O7/c15-6-2-1-3-8(16)12(22)17-9(4-5-11(20)21)13(23)18-10(7-19)14(24)25/h8-10,19H,1-7,15-16H2,(H,17,22)(H,18,23)(H,20,21)(H,24,25)/t8-,9-,10-/m0/s1. The van der Waals surface area contributed by atoms with Gasteiger partial charge in [0.2, 0.25) is 11.8 Å². The second-order valence-electron chi connectivity index (χ2n) is 5.47. The molecular formula is C14H26N4O7. The number of carbonyl (C=O) groups is 4. The Balaban J connectivity index is 4.85. The Kier molecular flexibility index (Phi) is 11.1. The van der Waals surface area contributed by atoms with E-state index >= 15 is 0 Å².